The molecule has 3 rings (SSSR count). The number of ether oxygens (including phenoxy) is 3. The molecular weight excluding hydrogens is 362 g/mol. The quantitative estimate of drug-likeness (QED) is 0.706. The van der Waals surface area contributed by atoms with E-state index in [4.69, 9.17) is 23.5 Å². The first-order chi connectivity index (χ1) is 13.2. The van der Waals surface area contributed by atoms with Gasteiger partial charge in [0.2, 0.25) is 0 Å². The normalized spacial score (nSPS) is 17.5. The van der Waals surface area contributed by atoms with Crippen LogP contribution in [0.3, 0.4) is 0 Å². The topological polar surface area (TPSA) is 46.2 Å². The number of halogens is 1. The second kappa shape index (κ2) is 7.64. The standard InChI is InChI=1S/C21H26BFO5/c1-20(2)21(3,4)28-22(27-20)15-8-10-18(19(12-15)25-6)26-13-14-7-9-17(24-5)16(23)11-14/h7-12H,13H2,1-6H3. The van der Waals surface area contributed by atoms with Gasteiger partial charge in [-0.2, -0.15) is 0 Å². The van der Waals surface area contributed by atoms with Gasteiger partial charge in [0, 0.05) is 0 Å². The number of methoxy groups -OCH3 is 2. The van der Waals surface area contributed by atoms with E-state index in [1.165, 1.54) is 13.2 Å². The van der Waals surface area contributed by atoms with Gasteiger partial charge in [-0.15, -0.1) is 0 Å². The molecular formula is C21H26BFO5. The minimum Gasteiger partial charge on any atom is -0.494 e. The Morgan fingerprint density at radius 2 is 1.46 bits per heavy atom. The van der Waals surface area contributed by atoms with Gasteiger partial charge in [-0.3, -0.25) is 0 Å². The fourth-order valence-corrected chi connectivity index (χ4v) is 2.89. The molecule has 1 aliphatic rings. The Morgan fingerprint density at radius 3 is 2.04 bits per heavy atom. The summed E-state index contributed by atoms with van der Waals surface area (Å²) in [5.74, 6) is 0.889. The lowest BCUT2D eigenvalue weighted by atomic mass is 9.79. The molecule has 150 valence electrons. The van der Waals surface area contributed by atoms with Gasteiger partial charge in [0.25, 0.3) is 0 Å². The van der Waals surface area contributed by atoms with Crippen molar-refractivity contribution >= 4 is 12.6 Å². The smallest absolute Gasteiger partial charge is 0.494 e. The van der Waals surface area contributed by atoms with E-state index >= 15 is 0 Å². The first-order valence-electron chi connectivity index (χ1n) is 9.15. The molecule has 28 heavy (non-hydrogen) atoms. The molecule has 1 saturated heterocycles. The van der Waals surface area contributed by atoms with Crippen LogP contribution >= 0.6 is 0 Å². The summed E-state index contributed by atoms with van der Waals surface area (Å²) in [5.41, 5.74) is 0.700. The van der Waals surface area contributed by atoms with Gasteiger partial charge in [-0.1, -0.05) is 12.1 Å². The summed E-state index contributed by atoms with van der Waals surface area (Å²) in [6.07, 6.45) is 0. The Morgan fingerprint density at radius 1 is 0.857 bits per heavy atom. The molecule has 0 unspecified atom stereocenters. The number of rotatable bonds is 6. The highest BCUT2D eigenvalue weighted by molar-refractivity contribution is 6.62. The van der Waals surface area contributed by atoms with E-state index in [2.05, 4.69) is 0 Å². The average molecular weight is 388 g/mol. The van der Waals surface area contributed by atoms with E-state index in [1.807, 2.05) is 39.8 Å². The molecule has 0 aliphatic carbocycles. The second-order valence-corrected chi connectivity index (χ2v) is 7.76. The van der Waals surface area contributed by atoms with Gasteiger partial charge in [0.05, 0.1) is 25.4 Å². The van der Waals surface area contributed by atoms with Crippen molar-refractivity contribution in [2.75, 3.05) is 14.2 Å². The molecule has 2 aromatic rings. The highest BCUT2D eigenvalue weighted by Gasteiger charge is 2.51. The Balaban J connectivity index is 1.74. The first kappa shape index (κ1) is 20.5. The molecule has 2 aromatic carbocycles. The van der Waals surface area contributed by atoms with Crippen molar-refractivity contribution in [3.63, 3.8) is 0 Å². The zero-order valence-electron chi connectivity index (χ0n) is 17.2. The molecule has 0 radical (unpaired) electrons. The Hall–Kier alpha value is -2.25. The summed E-state index contributed by atoms with van der Waals surface area (Å²) in [6, 6.07) is 10.3. The van der Waals surface area contributed by atoms with Crippen molar-refractivity contribution < 1.29 is 27.9 Å². The van der Waals surface area contributed by atoms with E-state index < -0.39 is 24.1 Å². The van der Waals surface area contributed by atoms with Gasteiger partial charge < -0.3 is 23.5 Å². The van der Waals surface area contributed by atoms with Crippen LogP contribution in [-0.4, -0.2) is 32.5 Å². The van der Waals surface area contributed by atoms with E-state index in [0.717, 1.165) is 5.46 Å². The lowest BCUT2D eigenvalue weighted by Gasteiger charge is -2.32. The lowest BCUT2D eigenvalue weighted by Crippen LogP contribution is -2.41. The summed E-state index contributed by atoms with van der Waals surface area (Å²) >= 11 is 0. The first-order valence-corrected chi connectivity index (χ1v) is 9.15. The maximum Gasteiger partial charge on any atom is 0.494 e. The summed E-state index contributed by atoms with van der Waals surface area (Å²) in [5, 5.41) is 0. The molecule has 0 saturated carbocycles. The van der Waals surface area contributed by atoms with Crippen LogP contribution in [0.5, 0.6) is 17.2 Å². The second-order valence-electron chi connectivity index (χ2n) is 7.76. The monoisotopic (exact) mass is 388 g/mol. The fourth-order valence-electron chi connectivity index (χ4n) is 2.89. The zero-order valence-corrected chi connectivity index (χ0v) is 17.2. The highest BCUT2D eigenvalue weighted by atomic mass is 19.1. The molecule has 5 nitrogen and oxygen atoms in total. The van der Waals surface area contributed by atoms with Gasteiger partial charge in [-0.25, -0.2) is 4.39 Å². The van der Waals surface area contributed by atoms with Crippen molar-refractivity contribution in [2.24, 2.45) is 0 Å². The molecule has 0 bridgehead atoms. The van der Waals surface area contributed by atoms with Gasteiger partial charge in [-0.05, 0) is 63.0 Å². The summed E-state index contributed by atoms with van der Waals surface area (Å²) in [4.78, 5) is 0. The SMILES string of the molecule is COc1ccc(COc2ccc(B3OC(C)(C)C(C)(C)O3)cc2OC)cc1F. The Bertz CT molecular complexity index is 837. The van der Waals surface area contributed by atoms with E-state index in [1.54, 1.807) is 25.3 Å². The van der Waals surface area contributed by atoms with Crippen molar-refractivity contribution in [2.45, 2.75) is 45.5 Å². The predicted octanol–water partition coefficient (Wildman–Crippen LogP) is 3.72. The third-order valence-corrected chi connectivity index (χ3v) is 5.32. The van der Waals surface area contributed by atoms with Crippen LogP contribution in [0.2, 0.25) is 0 Å². The van der Waals surface area contributed by atoms with Crippen LogP contribution in [0.15, 0.2) is 36.4 Å². The van der Waals surface area contributed by atoms with Crippen molar-refractivity contribution in [3.05, 3.63) is 47.8 Å². The van der Waals surface area contributed by atoms with Gasteiger partial charge in [0.15, 0.2) is 23.1 Å². The zero-order chi connectivity index (χ0) is 20.5. The molecule has 0 amide bonds. The van der Waals surface area contributed by atoms with E-state index in [-0.39, 0.29) is 12.4 Å². The molecule has 0 N–H and O–H groups in total. The average Bonchev–Trinajstić information content (AvgIpc) is 2.87. The maximum absolute atomic E-state index is 13.8. The minimum atomic E-state index is -0.483. The van der Waals surface area contributed by atoms with Crippen molar-refractivity contribution in [1.29, 1.82) is 0 Å². The van der Waals surface area contributed by atoms with Crippen LogP contribution in [0.25, 0.3) is 0 Å². The molecule has 0 aromatic heterocycles. The predicted molar refractivity (Wildman–Crippen MR) is 106 cm³/mol. The fraction of sp³-hybridized carbons (Fsp3) is 0.429. The lowest BCUT2D eigenvalue weighted by molar-refractivity contribution is 0.00578. The van der Waals surface area contributed by atoms with Gasteiger partial charge >= 0.3 is 7.12 Å². The summed E-state index contributed by atoms with van der Waals surface area (Å²) in [7, 11) is 2.52. The van der Waals surface area contributed by atoms with E-state index in [0.29, 0.717) is 17.1 Å². The largest absolute Gasteiger partial charge is 0.494 e. The Kier molecular flexibility index (Phi) is 5.59. The van der Waals surface area contributed by atoms with Crippen LogP contribution < -0.4 is 19.7 Å². The molecule has 7 heteroatoms. The molecule has 0 spiro atoms. The number of hydrogen-bond acceptors (Lipinski definition) is 5. The van der Waals surface area contributed by atoms with Crippen molar-refractivity contribution in [3.8, 4) is 17.2 Å². The van der Waals surface area contributed by atoms with Crippen molar-refractivity contribution in [1.82, 2.24) is 0 Å². The Labute approximate surface area is 165 Å². The van der Waals surface area contributed by atoms with Crippen LogP contribution in [0.1, 0.15) is 33.3 Å². The van der Waals surface area contributed by atoms with Crippen LogP contribution in [-0.2, 0) is 15.9 Å². The maximum atomic E-state index is 13.8. The molecule has 1 aliphatic heterocycles. The summed E-state index contributed by atoms with van der Waals surface area (Å²) in [6.45, 7) is 8.24. The van der Waals surface area contributed by atoms with Crippen LogP contribution in [0.4, 0.5) is 4.39 Å². The molecule has 1 heterocycles. The number of benzene rings is 2. The molecule has 0 atom stereocenters. The summed E-state index contributed by atoms with van der Waals surface area (Å²) < 4.78 is 42.2. The highest BCUT2D eigenvalue weighted by Crippen LogP contribution is 2.37. The van der Waals surface area contributed by atoms with Gasteiger partial charge in [0.1, 0.15) is 6.61 Å². The number of hydrogen-bond donors (Lipinski definition) is 0. The molecule has 1 fully saturated rings. The third-order valence-electron chi connectivity index (χ3n) is 5.32. The minimum absolute atomic E-state index is 0.201. The third kappa shape index (κ3) is 3.96. The van der Waals surface area contributed by atoms with E-state index in [9.17, 15) is 4.39 Å². The van der Waals surface area contributed by atoms with Crippen LogP contribution in [0, 0.1) is 5.82 Å².